The molecule has 0 N–H and O–H groups in total. The molecule has 100 valence electrons. The van der Waals surface area contributed by atoms with Crippen LogP contribution in [0, 0.1) is 0 Å². The van der Waals surface area contributed by atoms with Crippen LogP contribution in [0.4, 0.5) is 0 Å². The zero-order valence-electron chi connectivity index (χ0n) is 11.1. The number of aromatic nitrogens is 3. The van der Waals surface area contributed by atoms with E-state index in [4.69, 9.17) is 9.47 Å². The number of nitrogens with zero attached hydrogens (tertiary/aromatic N) is 3. The Bertz CT molecular complexity index is 570. The van der Waals surface area contributed by atoms with Crippen LogP contribution in [0.2, 0.25) is 0 Å². The first-order valence-electron chi connectivity index (χ1n) is 5.75. The van der Waals surface area contributed by atoms with Crippen LogP contribution in [0.5, 0.6) is 11.5 Å². The van der Waals surface area contributed by atoms with Crippen molar-refractivity contribution in [2.24, 2.45) is 7.05 Å². The summed E-state index contributed by atoms with van der Waals surface area (Å²) in [6.45, 7) is 0. The first-order valence-corrected chi connectivity index (χ1v) is 5.75. The van der Waals surface area contributed by atoms with E-state index in [1.807, 2.05) is 0 Å². The maximum absolute atomic E-state index is 12.3. The smallest absolute Gasteiger partial charge is 0.176 e. The van der Waals surface area contributed by atoms with Crippen molar-refractivity contribution in [3.8, 4) is 11.5 Å². The number of carbonyl (C=O) groups excluding carboxylic acids is 1. The summed E-state index contributed by atoms with van der Waals surface area (Å²) in [5.74, 6) is 0.872. The van der Waals surface area contributed by atoms with E-state index in [-0.39, 0.29) is 12.2 Å². The Morgan fingerprint density at radius 2 is 1.89 bits per heavy atom. The number of methoxy groups -OCH3 is 2. The van der Waals surface area contributed by atoms with Crippen molar-refractivity contribution in [1.29, 1.82) is 0 Å². The number of Topliss-reactive ketones (excluding diaryl/α,β-unsaturated/α-hetero) is 1. The first-order chi connectivity index (χ1) is 9.15. The van der Waals surface area contributed by atoms with Crippen LogP contribution in [0.25, 0.3) is 0 Å². The SMILES string of the molecule is COc1cccc(OC)c1C(=O)Cc1cn(C)nn1. The molecule has 1 aromatic heterocycles. The molecule has 0 saturated heterocycles. The highest BCUT2D eigenvalue weighted by Crippen LogP contribution is 2.29. The molecular formula is C13H15N3O3. The number of benzene rings is 1. The highest BCUT2D eigenvalue weighted by Gasteiger charge is 2.19. The number of aryl methyl sites for hydroxylation is 1. The summed E-state index contributed by atoms with van der Waals surface area (Å²) >= 11 is 0. The average Bonchev–Trinajstić information content (AvgIpc) is 2.82. The molecule has 0 aliphatic heterocycles. The lowest BCUT2D eigenvalue weighted by atomic mass is 10.0. The second kappa shape index (κ2) is 5.51. The van der Waals surface area contributed by atoms with Crippen LogP contribution >= 0.6 is 0 Å². The quantitative estimate of drug-likeness (QED) is 0.758. The maximum Gasteiger partial charge on any atom is 0.176 e. The molecule has 1 aromatic carbocycles. The van der Waals surface area contributed by atoms with E-state index in [0.29, 0.717) is 22.8 Å². The standard InChI is InChI=1S/C13H15N3O3/c1-16-8-9(14-15-16)7-10(17)13-11(18-2)5-4-6-12(13)19-3/h4-6,8H,7H2,1-3H3. The molecule has 6 nitrogen and oxygen atoms in total. The van der Waals surface area contributed by atoms with Gasteiger partial charge in [0.25, 0.3) is 0 Å². The lowest BCUT2D eigenvalue weighted by Crippen LogP contribution is -2.08. The van der Waals surface area contributed by atoms with Crippen LogP contribution in [-0.4, -0.2) is 35.0 Å². The van der Waals surface area contributed by atoms with Crippen LogP contribution in [0.15, 0.2) is 24.4 Å². The highest BCUT2D eigenvalue weighted by atomic mass is 16.5. The van der Waals surface area contributed by atoms with Gasteiger partial charge in [-0.05, 0) is 12.1 Å². The molecule has 0 fully saturated rings. The van der Waals surface area contributed by atoms with Crippen LogP contribution in [-0.2, 0) is 13.5 Å². The summed E-state index contributed by atoms with van der Waals surface area (Å²) in [5, 5.41) is 7.70. The van der Waals surface area contributed by atoms with Crippen molar-refractivity contribution in [2.75, 3.05) is 14.2 Å². The minimum Gasteiger partial charge on any atom is -0.496 e. The van der Waals surface area contributed by atoms with Gasteiger partial charge in [-0.1, -0.05) is 11.3 Å². The highest BCUT2D eigenvalue weighted by molar-refractivity contribution is 6.02. The second-order valence-electron chi connectivity index (χ2n) is 4.02. The fourth-order valence-corrected chi connectivity index (χ4v) is 1.86. The predicted molar refractivity (Wildman–Crippen MR) is 68.6 cm³/mol. The Hall–Kier alpha value is -2.37. The van der Waals surface area contributed by atoms with Crippen molar-refractivity contribution < 1.29 is 14.3 Å². The third-order valence-corrected chi connectivity index (χ3v) is 2.70. The second-order valence-corrected chi connectivity index (χ2v) is 4.02. The van der Waals surface area contributed by atoms with Crippen molar-refractivity contribution in [2.45, 2.75) is 6.42 Å². The maximum atomic E-state index is 12.3. The molecule has 0 atom stereocenters. The van der Waals surface area contributed by atoms with E-state index in [1.54, 1.807) is 36.1 Å². The molecule has 0 unspecified atom stereocenters. The van der Waals surface area contributed by atoms with E-state index < -0.39 is 0 Å². The summed E-state index contributed by atoms with van der Waals surface area (Å²) in [6.07, 6.45) is 1.87. The molecule has 0 bridgehead atoms. The van der Waals surface area contributed by atoms with Gasteiger partial charge in [0, 0.05) is 13.2 Å². The van der Waals surface area contributed by atoms with E-state index >= 15 is 0 Å². The van der Waals surface area contributed by atoms with Crippen molar-refractivity contribution in [3.63, 3.8) is 0 Å². The number of hydrogen-bond acceptors (Lipinski definition) is 5. The normalized spacial score (nSPS) is 10.3. The van der Waals surface area contributed by atoms with Gasteiger partial charge in [-0.25, -0.2) is 0 Å². The Morgan fingerprint density at radius 1 is 1.26 bits per heavy atom. The van der Waals surface area contributed by atoms with E-state index in [9.17, 15) is 4.79 Å². The Morgan fingerprint density at radius 3 is 2.37 bits per heavy atom. The summed E-state index contributed by atoms with van der Waals surface area (Å²) in [4.78, 5) is 12.3. The van der Waals surface area contributed by atoms with E-state index in [0.717, 1.165) is 0 Å². The molecule has 19 heavy (non-hydrogen) atoms. The lowest BCUT2D eigenvalue weighted by molar-refractivity contribution is 0.0986. The summed E-state index contributed by atoms with van der Waals surface area (Å²) in [5.41, 5.74) is 1.04. The van der Waals surface area contributed by atoms with Crippen molar-refractivity contribution in [3.05, 3.63) is 35.7 Å². The topological polar surface area (TPSA) is 66.2 Å². The van der Waals surface area contributed by atoms with E-state index in [2.05, 4.69) is 10.3 Å². The summed E-state index contributed by atoms with van der Waals surface area (Å²) in [6, 6.07) is 5.23. The molecular weight excluding hydrogens is 246 g/mol. The molecule has 6 heteroatoms. The molecule has 0 saturated carbocycles. The molecule has 2 rings (SSSR count). The Balaban J connectivity index is 2.32. The van der Waals surface area contributed by atoms with Gasteiger partial charge in [-0.2, -0.15) is 0 Å². The number of rotatable bonds is 5. The van der Waals surface area contributed by atoms with Gasteiger partial charge in [0.1, 0.15) is 17.1 Å². The summed E-state index contributed by atoms with van der Waals surface area (Å²) in [7, 11) is 4.80. The third-order valence-electron chi connectivity index (χ3n) is 2.70. The molecule has 0 spiro atoms. The van der Waals surface area contributed by atoms with Gasteiger partial charge in [0.05, 0.1) is 26.3 Å². The fourth-order valence-electron chi connectivity index (χ4n) is 1.86. The van der Waals surface area contributed by atoms with Crippen LogP contribution in [0.1, 0.15) is 16.1 Å². The third kappa shape index (κ3) is 2.73. The fraction of sp³-hybridized carbons (Fsp3) is 0.308. The molecule has 0 aliphatic carbocycles. The number of ether oxygens (including phenoxy) is 2. The van der Waals surface area contributed by atoms with E-state index in [1.165, 1.54) is 14.2 Å². The average molecular weight is 261 g/mol. The monoisotopic (exact) mass is 261 g/mol. The van der Waals surface area contributed by atoms with Crippen LogP contribution < -0.4 is 9.47 Å². The minimum absolute atomic E-state index is 0.116. The molecule has 2 aromatic rings. The molecule has 0 radical (unpaired) electrons. The number of ketones is 1. The van der Waals surface area contributed by atoms with Gasteiger partial charge in [0.2, 0.25) is 0 Å². The van der Waals surface area contributed by atoms with Gasteiger partial charge in [-0.3, -0.25) is 9.48 Å². The van der Waals surface area contributed by atoms with Crippen molar-refractivity contribution in [1.82, 2.24) is 15.0 Å². The van der Waals surface area contributed by atoms with Crippen molar-refractivity contribution >= 4 is 5.78 Å². The minimum atomic E-state index is -0.116. The Labute approximate surface area is 110 Å². The van der Waals surface area contributed by atoms with Gasteiger partial charge in [0.15, 0.2) is 5.78 Å². The number of carbonyl (C=O) groups is 1. The summed E-state index contributed by atoms with van der Waals surface area (Å²) < 4.78 is 12.0. The van der Waals surface area contributed by atoms with Crippen LogP contribution in [0.3, 0.4) is 0 Å². The lowest BCUT2D eigenvalue weighted by Gasteiger charge is -2.11. The molecule has 0 amide bonds. The first kappa shape index (κ1) is 13.1. The Kier molecular flexibility index (Phi) is 3.79. The zero-order valence-corrected chi connectivity index (χ0v) is 11.1. The van der Waals surface area contributed by atoms with Gasteiger partial charge < -0.3 is 9.47 Å². The molecule has 1 heterocycles. The largest absolute Gasteiger partial charge is 0.496 e. The van der Waals surface area contributed by atoms with Gasteiger partial charge in [-0.15, -0.1) is 5.10 Å². The number of hydrogen-bond donors (Lipinski definition) is 0. The predicted octanol–water partition coefficient (Wildman–Crippen LogP) is 1.26. The molecule has 0 aliphatic rings. The zero-order chi connectivity index (χ0) is 13.8. The van der Waals surface area contributed by atoms with Gasteiger partial charge >= 0.3 is 0 Å².